The second-order valence-corrected chi connectivity index (χ2v) is 4.72. The van der Waals surface area contributed by atoms with Crippen molar-refractivity contribution in [1.29, 1.82) is 0 Å². The minimum Gasteiger partial charge on any atom is -0.491 e. The Morgan fingerprint density at radius 1 is 1.25 bits per heavy atom. The van der Waals surface area contributed by atoms with Crippen LogP contribution in [-0.4, -0.2) is 21.7 Å². The molecule has 0 bridgehead atoms. The smallest absolute Gasteiger partial charge is 0.263 e. The quantitative estimate of drug-likeness (QED) is 0.769. The zero-order valence-corrected chi connectivity index (χ0v) is 10.8. The molecule has 20 heavy (non-hydrogen) atoms. The monoisotopic (exact) mass is 268 g/mol. The predicted octanol–water partition coefficient (Wildman–Crippen LogP) is 2.47. The topological polar surface area (TPSA) is 73.1 Å². The summed E-state index contributed by atoms with van der Waals surface area (Å²) in [5.74, 6) is 1.64. The SMILES string of the molecule is Cc1noc2ncnc(NC3COc4ccccc43)c12. The lowest BCUT2D eigenvalue weighted by Crippen LogP contribution is -2.13. The molecule has 3 aromatic rings. The number of aryl methyl sites for hydroxylation is 1. The molecule has 0 amide bonds. The van der Waals surface area contributed by atoms with Gasteiger partial charge in [-0.2, -0.15) is 4.98 Å². The summed E-state index contributed by atoms with van der Waals surface area (Å²) in [5, 5.41) is 8.13. The Balaban J connectivity index is 1.74. The molecule has 3 heterocycles. The van der Waals surface area contributed by atoms with Gasteiger partial charge in [-0.3, -0.25) is 0 Å². The van der Waals surface area contributed by atoms with E-state index in [4.69, 9.17) is 9.26 Å². The first kappa shape index (κ1) is 11.2. The third-order valence-electron chi connectivity index (χ3n) is 3.45. The second kappa shape index (κ2) is 4.19. The van der Waals surface area contributed by atoms with Crippen LogP contribution in [0.1, 0.15) is 17.3 Å². The number of nitrogens with one attached hydrogen (secondary N) is 1. The van der Waals surface area contributed by atoms with Crippen molar-refractivity contribution in [2.75, 3.05) is 11.9 Å². The summed E-state index contributed by atoms with van der Waals surface area (Å²) in [7, 11) is 0. The summed E-state index contributed by atoms with van der Waals surface area (Å²) < 4.78 is 10.8. The molecule has 0 saturated carbocycles. The maximum Gasteiger partial charge on any atom is 0.263 e. The summed E-state index contributed by atoms with van der Waals surface area (Å²) in [6.45, 7) is 2.45. The highest BCUT2D eigenvalue weighted by Crippen LogP contribution is 2.35. The lowest BCUT2D eigenvalue weighted by atomic mass is 10.1. The van der Waals surface area contributed by atoms with Crippen LogP contribution in [0.25, 0.3) is 11.1 Å². The predicted molar refractivity (Wildman–Crippen MR) is 72.6 cm³/mol. The molecule has 1 unspecified atom stereocenters. The molecule has 4 rings (SSSR count). The summed E-state index contributed by atoms with van der Waals surface area (Å²) in [5.41, 5.74) is 2.40. The summed E-state index contributed by atoms with van der Waals surface area (Å²) in [6.07, 6.45) is 1.47. The van der Waals surface area contributed by atoms with Crippen LogP contribution in [0.3, 0.4) is 0 Å². The Labute approximate surface area is 114 Å². The highest BCUT2D eigenvalue weighted by atomic mass is 16.5. The van der Waals surface area contributed by atoms with Crippen molar-refractivity contribution < 1.29 is 9.26 Å². The van der Waals surface area contributed by atoms with E-state index in [0.29, 0.717) is 12.3 Å². The molecule has 1 N–H and O–H groups in total. The molecule has 0 aliphatic carbocycles. The Kier molecular flexibility index (Phi) is 2.35. The minimum absolute atomic E-state index is 0.0681. The van der Waals surface area contributed by atoms with Gasteiger partial charge in [0.25, 0.3) is 5.71 Å². The van der Waals surface area contributed by atoms with Crippen molar-refractivity contribution in [2.24, 2.45) is 0 Å². The number of para-hydroxylation sites is 1. The van der Waals surface area contributed by atoms with Crippen LogP contribution in [-0.2, 0) is 0 Å². The van der Waals surface area contributed by atoms with Crippen LogP contribution in [0.2, 0.25) is 0 Å². The summed E-state index contributed by atoms with van der Waals surface area (Å²) in [6, 6.07) is 8.06. The molecule has 1 aromatic carbocycles. The minimum atomic E-state index is 0.0681. The molecule has 0 saturated heterocycles. The molecule has 0 spiro atoms. The lowest BCUT2D eigenvalue weighted by molar-refractivity contribution is 0.339. The van der Waals surface area contributed by atoms with E-state index in [1.165, 1.54) is 6.33 Å². The lowest BCUT2D eigenvalue weighted by Gasteiger charge is -2.12. The van der Waals surface area contributed by atoms with Gasteiger partial charge in [-0.05, 0) is 13.0 Å². The average molecular weight is 268 g/mol. The summed E-state index contributed by atoms with van der Waals surface area (Å²) >= 11 is 0. The number of anilines is 1. The van der Waals surface area contributed by atoms with Crippen molar-refractivity contribution in [3.05, 3.63) is 41.9 Å². The maximum atomic E-state index is 5.66. The standard InChI is InChI=1S/C14H12N4O2/c1-8-12-13(15-7-16-14(12)20-18-8)17-10-6-19-11-5-3-2-4-9(10)11/h2-5,7,10H,6H2,1H3,(H,15,16,17). The molecule has 0 fully saturated rings. The summed E-state index contributed by atoms with van der Waals surface area (Å²) in [4.78, 5) is 8.37. The third kappa shape index (κ3) is 1.61. The number of fused-ring (bicyclic) bond motifs is 2. The number of rotatable bonds is 2. The van der Waals surface area contributed by atoms with E-state index in [9.17, 15) is 0 Å². The van der Waals surface area contributed by atoms with Crippen LogP contribution in [0.15, 0.2) is 35.1 Å². The largest absolute Gasteiger partial charge is 0.491 e. The van der Waals surface area contributed by atoms with Crippen LogP contribution in [0, 0.1) is 6.92 Å². The number of aromatic nitrogens is 3. The van der Waals surface area contributed by atoms with Crippen molar-refractivity contribution in [3.63, 3.8) is 0 Å². The fourth-order valence-corrected chi connectivity index (χ4v) is 2.48. The Bertz CT molecular complexity index is 784. The average Bonchev–Trinajstić information content (AvgIpc) is 3.05. The molecule has 2 aromatic heterocycles. The van der Waals surface area contributed by atoms with Gasteiger partial charge in [0.2, 0.25) is 0 Å². The van der Waals surface area contributed by atoms with E-state index < -0.39 is 0 Å². The first-order valence-electron chi connectivity index (χ1n) is 6.38. The highest BCUT2D eigenvalue weighted by molar-refractivity contribution is 5.87. The van der Waals surface area contributed by atoms with E-state index in [0.717, 1.165) is 28.2 Å². The van der Waals surface area contributed by atoms with Crippen LogP contribution < -0.4 is 10.1 Å². The number of hydrogen-bond acceptors (Lipinski definition) is 6. The van der Waals surface area contributed by atoms with E-state index in [1.54, 1.807) is 0 Å². The van der Waals surface area contributed by atoms with Gasteiger partial charge in [0, 0.05) is 5.56 Å². The van der Waals surface area contributed by atoms with Crippen molar-refractivity contribution in [1.82, 2.24) is 15.1 Å². The fourth-order valence-electron chi connectivity index (χ4n) is 2.48. The zero-order valence-electron chi connectivity index (χ0n) is 10.8. The van der Waals surface area contributed by atoms with Gasteiger partial charge >= 0.3 is 0 Å². The molecule has 0 radical (unpaired) electrons. The normalized spacial score (nSPS) is 16.9. The van der Waals surface area contributed by atoms with Crippen LogP contribution >= 0.6 is 0 Å². The van der Waals surface area contributed by atoms with Crippen molar-refractivity contribution in [3.8, 4) is 5.75 Å². The molecular weight excluding hydrogens is 256 g/mol. The first-order chi connectivity index (χ1) is 9.83. The van der Waals surface area contributed by atoms with Crippen molar-refractivity contribution >= 4 is 16.9 Å². The van der Waals surface area contributed by atoms with Gasteiger partial charge in [-0.1, -0.05) is 23.4 Å². The van der Waals surface area contributed by atoms with Gasteiger partial charge in [-0.25, -0.2) is 4.98 Å². The Morgan fingerprint density at radius 3 is 3.10 bits per heavy atom. The molecule has 1 aliphatic heterocycles. The van der Waals surface area contributed by atoms with Crippen LogP contribution in [0.4, 0.5) is 5.82 Å². The van der Waals surface area contributed by atoms with Gasteiger partial charge in [0.15, 0.2) is 0 Å². The van der Waals surface area contributed by atoms with Crippen molar-refractivity contribution in [2.45, 2.75) is 13.0 Å². The molecule has 6 nitrogen and oxygen atoms in total. The number of benzene rings is 1. The molecule has 1 atom stereocenters. The van der Waals surface area contributed by atoms with Gasteiger partial charge in [-0.15, -0.1) is 0 Å². The Morgan fingerprint density at radius 2 is 2.15 bits per heavy atom. The molecule has 1 aliphatic rings. The molecule has 100 valence electrons. The van der Waals surface area contributed by atoms with Gasteiger partial charge < -0.3 is 14.6 Å². The number of hydrogen-bond donors (Lipinski definition) is 1. The second-order valence-electron chi connectivity index (χ2n) is 4.72. The van der Waals surface area contributed by atoms with Gasteiger partial charge in [0.05, 0.1) is 11.7 Å². The maximum absolute atomic E-state index is 5.66. The molecular formula is C14H12N4O2. The number of nitrogens with zero attached hydrogens (tertiary/aromatic N) is 3. The third-order valence-corrected chi connectivity index (χ3v) is 3.45. The van der Waals surface area contributed by atoms with E-state index in [2.05, 4.69) is 26.5 Å². The van der Waals surface area contributed by atoms with Crippen LogP contribution in [0.5, 0.6) is 5.75 Å². The first-order valence-corrected chi connectivity index (χ1v) is 6.38. The highest BCUT2D eigenvalue weighted by Gasteiger charge is 2.25. The molecule has 6 heteroatoms. The Hall–Kier alpha value is -2.63. The van der Waals surface area contributed by atoms with E-state index in [1.807, 2.05) is 25.1 Å². The zero-order chi connectivity index (χ0) is 13.5. The fraction of sp³-hybridized carbons (Fsp3) is 0.214. The number of ether oxygens (including phenoxy) is 1. The van der Waals surface area contributed by atoms with E-state index in [-0.39, 0.29) is 6.04 Å². The van der Waals surface area contributed by atoms with Gasteiger partial charge in [0.1, 0.15) is 29.9 Å². The van der Waals surface area contributed by atoms with E-state index >= 15 is 0 Å².